The minimum atomic E-state index is -0.474. The summed E-state index contributed by atoms with van der Waals surface area (Å²) in [4.78, 5) is 23.0. The maximum Gasteiger partial charge on any atom is 0.239 e. The van der Waals surface area contributed by atoms with Crippen LogP contribution in [0.15, 0.2) is 12.3 Å². The molecule has 2 amide bonds. The summed E-state index contributed by atoms with van der Waals surface area (Å²) in [6.45, 7) is 2.73. The van der Waals surface area contributed by atoms with Crippen LogP contribution in [0.5, 0.6) is 0 Å². The molecular formula is C13H20N4O3. The first-order chi connectivity index (χ1) is 9.60. The minimum Gasteiger partial charge on any atom is -0.377 e. The van der Waals surface area contributed by atoms with Crippen molar-refractivity contribution in [3.05, 3.63) is 12.3 Å². The molecule has 0 radical (unpaired) electrons. The third-order valence-electron chi connectivity index (χ3n) is 3.39. The van der Waals surface area contributed by atoms with Crippen LogP contribution in [0.25, 0.3) is 0 Å². The van der Waals surface area contributed by atoms with Gasteiger partial charge in [-0.2, -0.15) is 5.10 Å². The van der Waals surface area contributed by atoms with Crippen molar-refractivity contribution in [3.8, 4) is 0 Å². The van der Waals surface area contributed by atoms with Gasteiger partial charge in [0.15, 0.2) is 5.82 Å². The van der Waals surface area contributed by atoms with E-state index >= 15 is 0 Å². The van der Waals surface area contributed by atoms with Crippen molar-refractivity contribution in [3.63, 3.8) is 0 Å². The zero-order valence-corrected chi connectivity index (χ0v) is 11.5. The summed E-state index contributed by atoms with van der Waals surface area (Å²) in [5.41, 5.74) is 5.08. The van der Waals surface area contributed by atoms with Gasteiger partial charge < -0.3 is 15.8 Å². The Morgan fingerprint density at radius 3 is 3.10 bits per heavy atom. The molecule has 20 heavy (non-hydrogen) atoms. The molecule has 0 bridgehead atoms. The molecule has 0 spiro atoms. The second-order valence-corrected chi connectivity index (χ2v) is 4.92. The van der Waals surface area contributed by atoms with Gasteiger partial charge in [-0.05, 0) is 19.3 Å². The lowest BCUT2D eigenvalue weighted by Crippen LogP contribution is -2.37. The number of hydrogen-bond acceptors (Lipinski definition) is 4. The van der Waals surface area contributed by atoms with E-state index in [-0.39, 0.29) is 24.5 Å². The van der Waals surface area contributed by atoms with E-state index in [4.69, 9.17) is 10.5 Å². The quantitative estimate of drug-likeness (QED) is 0.821. The molecule has 1 aromatic heterocycles. The van der Waals surface area contributed by atoms with Crippen LogP contribution in [0.1, 0.15) is 26.2 Å². The van der Waals surface area contributed by atoms with Gasteiger partial charge >= 0.3 is 0 Å². The van der Waals surface area contributed by atoms with E-state index in [1.807, 2.05) is 6.92 Å². The van der Waals surface area contributed by atoms with Crippen molar-refractivity contribution in [2.75, 3.05) is 11.9 Å². The SMILES string of the molecule is CC[C@H]1OCCC[C@H]1C(=O)Nc1ccn(CC(N)=O)n1. The van der Waals surface area contributed by atoms with Crippen LogP contribution < -0.4 is 11.1 Å². The predicted octanol–water partition coefficient (Wildman–Crippen LogP) is 0.512. The fraction of sp³-hybridized carbons (Fsp3) is 0.615. The molecule has 7 nitrogen and oxygen atoms in total. The zero-order valence-electron chi connectivity index (χ0n) is 11.5. The summed E-state index contributed by atoms with van der Waals surface area (Å²) in [7, 11) is 0. The minimum absolute atomic E-state index is 0.00000480. The average Bonchev–Trinajstić information content (AvgIpc) is 2.85. The van der Waals surface area contributed by atoms with Gasteiger partial charge in [-0.3, -0.25) is 14.3 Å². The number of nitrogens with one attached hydrogen (secondary N) is 1. The highest BCUT2D eigenvalue weighted by molar-refractivity contribution is 5.92. The highest BCUT2D eigenvalue weighted by Gasteiger charge is 2.30. The highest BCUT2D eigenvalue weighted by Crippen LogP contribution is 2.24. The smallest absolute Gasteiger partial charge is 0.239 e. The van der Waals surface area contributed by atoms with Crippen LogP contribution in [0.3, 0.4) is 0 Å². The fourth-order valence-electron chi connectivity index (χ4n) is 2.44. The van der Waals surface area contributed by atoms with Crippen LogP contribution in [-0.2, 0) is 20.9 Å². The Kier molecular flexibility index (Phi) is 4.73. The van der Waals surface area contributed by atoms with Crippen molar-refractivity contribution in [1.82, 2.24) is 9.78 Å². The monoisotopic (exact) mass is 280 g/mol. The normalized spacial score (nSPS) is 22.4. The van der Waals surface area contributed by atoms with Gasteiger partial charge in [0.1, 0.15) is 6.54 Å². The maximum absolute atomic E-state index is 12.2. The summed E-state index contributed by atoms with van der Waals surface area (Å²) in [6.07, 6.45) is 4.11. The average molecular weight is 280 g/mol. The number of amides is 2. The number of ether oxygens (including phenoxy) is 1. The van der Waals surface area contributed by atoms with Crippen LogP contribution in [0.4, 0.5) is 5.82 Å². The number of anilines is 1. The maximum atomic E-state index is 12.2. The molecule has 2 rings (SSSR count). The Hall–Kier alpha value is -1.89. The summed E-state index contributed by atoms with van der Waals surface area (Å²) < 4.78 is 7.00. The molecule has 1 aliphatic heterocycles. The number of carbonyl (C=O) groups is 2. The van der Waals surface area contributed by atoms with Gasteiger partial charge in [0.25, 0.3) is 0 Å². The second kappa shape index (κ2) is 6.51. The van der Waals surface area contributed by atoms with Gasteiger partial charge in [-0.25, -0.2) is 0 Å². The summed E-state index contributed by atoms with van der Waals surface area (Å²) in [5.74, 6) is -0.273. The molecule has 0 aliphatic carbocycles. The lowest BCUT2D eigenvalue weighted by Gasteiger charge is -2.29. The first kappa shape index (κ1) is 14.5. The van der Waals surface area contributed by atoms with E-state index in [1.54, 1.807) is 12.3 Å². The van der Waals surface area contributed by atoms with Gasteiger partial charge in [0.2, 0.25) is 11.8 Å². The fourth-order valence-corrected chi connectivity index (χ4v) is 2.44. The van der Waals surface area contributed by atoms with Crippen LogP contribution >= 0.6 is 0 Å². The first-order valence-corrected chi connectivity index (χ1v) is 6.84. The highest BCUT2D eigenvalue weighted by atomic mass is 16.5. The first-order valence-electron chi connectivity index (χ1n) is 6.84. The predicted molar refractivity (Wildman–Crippen MR) is 72.8 cm³/mol. The van der Waals surface area contributed by atoms with Crippen molar-refractivity contribution in [1.29, 1.82) is 0 Å². The number of carbonyl (C=O) groups excluding carboxylic acids is 2. The van der Waals surface area contributed by atoms with Crippen molar-refractivity contribution in [2.24, 2.45) is 11.7 Å². The standard InChI is InChI=1S/C13H20N4O3/c1-2-10-9(4-3-7-20-10)13(19)15-12-5-6-17(16-12)8-11(14)18/h5-6,9-10H,2-4,7-8H2,1H3,(H2,14,18)(H,15,16,19)/t9-,10-/m1/s1. The topological polar surface area (TPSA) is 99.2 Å². The van der Waals surface area contributed by atoms with Gasteiger partial charge in [-0.1, -0.05) is 6.92 Å². The molecule has 3 N–H and O–H groups in total. The van der Waals surface area contributed by atoms with Crippen LogP contribution in [-0.4, -0.2) is 34.3 Å². The molecule has 2 atom stereocenters. The second-order valence-electron chi connectivity index (χ2n) is 4.92. The van der Waals surface area contributed by atoms with E-state index < -0.39 is 5.91 Å². The Balaban J connectivity index is 1.96. The summed E-state index contributed by atoms with van der Waals surface area (Å²) in [6, 6.07) is 1.64. The van der Waals surface area contributed by atoms with Crippen LogP contribution in [0, 0.1) is 5.92 Å². The molecule has 1 aliphatic rings. The number of aromatic nitrogens is 2. The molecule has 2 heterocycles. The van der Waals surface area contributed by atoms with Gasteiger partial charge in [-0.15, -0.1) is 0 Å². The summed E-state index contributed by atoms with van der Waals surface area (Å²) >= 11 is 0. The molecular weight excluding hydrogens is 260 g/mol. The van der Waals surface area contributed by atoms with E-state index in [0.717, 1.165) is 25.9 Å². The van der Waals surface area contributed by atoms with Crippen molar-refractivity contribution in [2.45, 2.75) is 38.8 Å². The summed E-state index contributed by atoms with van der Waals surface area (Å²) in [5, 5.41) is 6.85. The third kappa shape index (κ3) is 3.57. The largest absolute Gasteiger partial charge is 0.377 e. The van der Waals surface area contributed by atoms with E-state index in [0.29, 0.717) is 5.82 Å². The van der Waals surface area contributed by atoms with Crippen LogP contribution in [0.2, 0.25) is 0 Å². The Labute approximate surface area is 117 Å². The molecule has 0 unspecified atom stereocenters. The lowest BCUT2D eigenvalue weighted by atomic mass is 9.92. The Morgan fingerprint density at radius 2 is 2.40 bits per heavy atom. The molecule has 0 aromatic carbocycles. The lowest BCUT2D eigenvalue weighted by molar-refractivity contribution is -0.129. The molecule has 1 fully saturated rings. The Morgan fingerprint density at radius 1 is 1.60 bits per heavy atom. The molecule has 1 aromatic rings. The number of hydrogen-bond donors (Lipinski definition) is 2. The Bertz CT molecular complexity index is 486. The van der Waals surface area contributed by atoms with Crippen molar-refractivity contribution < 1.29 is 14.3 Å². The van der Waals surface area contributed by atoms with E-state index in [2.05, 4.69) is 10.4 Å². The number of nitrogens with zero attached hydrogens (tertiary/aromatic N) is 2. The number of rotatable bonds is 5. The zero-order chi connectivity index (χ0) is 14.5. The van der Waals surface area contributed by atoms with Gasteiger partial charge in [0, 0.05) is 18.9 Å². The molecule has 7 heteroatoms. The van der Waals surface area contributed by atoms with E-state index in [1.165, 1.54) is 4.68 Å². The molecule has 0 saturated carbocycles. The third-order valence-corrected chi connectivity index (χ3v) is 3.39. The molecule has 1 saturated heterocycles. The number of nitrogens with two attached hydrogens (primary N) is 1. The number of primary amides is 1. The van der Waals surface area contributed by atoms with E-state index in [9.17, 15) is 9.59 Å². The molecule has 110 valence electrons. The van der Waals surface area contributed by atoms with Crippen molar-refractivity contribution >= 4 is 17.6 Å². The van der Waals surface area contributed by atoms with Gasteiger partial charge in [0.05, 0.1) is 12.0 Å².